The number of carbonyl (C=O) groups is 2. The molecule has 0 saturated carbocycles. The predicted octanol–water partition coefficient (Wildman–Crippen LogP) is -0.675. The minimum atomic E-state index is -1.07. The van der Waals surface area contributed by atoms with Crippen LogP contribution in [0.25, 0.3) is 0 Å². The highest BCUT2D eigenvalue weighted by Crippen LogP contribution is 2.07. The van der Waals surface area contributed by atoms with Gasteiger partial charge in [-0.2, -0.15) is 5.26 Å². The fourth-order valence-corrected chi connectivity index (χ4v) is 1.49. The first-order chi connectivity index (χ1) is 8.52. The number of aliphatic carboxylic acids is 1. The van der Waals surface area contributed by atoms with E-state index in [-0.39, 0.29) is 25.3 Å². The van der Waals surface area contributed by atoms with E-state index < -0.39 is 11.9 Å². The summed E-state index contributed by atoms with van der Waals surface area (Å²) in [4.78, 5) is 26.7. The predicted molar refractivity (Wildman–Crippen MR) is 61.1 cm³/mol. The molecule has 0 saturated heterocycles. The van der Waals surface area contributed by atoms with Crippen molar-refractivity contribution in [3.05, 3.63) is 29.6 Å². The monoisotopic (exact) mass is 248 g/mol. The average Bonchev–Trinajstić information content (AvgIpc) is 2.27. The summed E-state index contributed by atoms with van der Waals surface area (Å²) in [5.41, 5.74) is 5.80. The van der Waals surface area contributed by atoms with Crippen molar-refractivity contribution in [3.8, 4) is 6.07 Å². The molecule has 0 unspecified atom stereocenters. The fraction of sp³-hybridized carbons (Fsp3) is 0.273. The number of hydrogen-bond donors (Lipinski definition) is 2. The van der Waals surface area contributed by atoms with E-state index in [1.54, 1.807) is 12.1 Å². The maximum Gasteiger partial charge on any atom is 0.317 e. The van der Waals surface area contributed by atoms with E-state index in [9.17, 15) is 9.59 Å². The maximum atomic E-state index is 10.8. The molecular formula is C11H12N4O3. The molecule has 0 fully saturated rings. The molecule has 0 bridgehead atoms. The van der Waals surface area contributed by atoms with Crippen LogP contribution in [0.2, 0.25) is 0 Å². The van der Waals surface area contributed by atoms with Gasteiger partial charge in [0.2, 0.25) is 5.91 Å². The summed E-state index contributed by atoms with van der Waals surface area (Å²) >= 11 is 0. The Morgan fingerprint density at radius 1 is 1.50 bits per heavy atom. The Hall–Kier alpha value is -2.46. The number of nitrogens with two attached hydrogens (primary N) is 1. The number of amides is 1. The number of carboxylic acids is 1. The van der Waals surface area contributed by atoms with Crippen molar-refractivity contribution < 1.29 is 14.7 Å². The van der Waals surface area contributed by atoms with Crippen LogP contribution in [-0.4, -0.2) is 40.0 Å². The van der Waals surface area contributed by atoms with E-state index in [4.69, 9.17) is 16.1 Å². The molecule has 1 rings (SSSR count). The van der Waals surface area contributed by atoms with Crippen molar-refractivity contribution in [3.63, 3.8) is 0 Å². The second kappa shape index (κ2) is 6.32. The smallest absolute Gasteiger partial charge is 0.317 e. The lowest BCUT2D eigenvalue weighted by molar-refractivity contribution is -0.138. The first-order valence-corrected chi connectivity index (χ1v) is 5.09. The van der Waals surface area contributed by atoms with E-state index in [0.29, 0.717) is 5.56 Å². The molecular weight excluding hydrogens is 236 g/mol. The minimum Gasteiger partial charge on any atom is -0.480 e. The van der Waals surface area contributed by atoms with Gasteiger partial charge in [-0.3, -0.25) is 14.5 Å². The third-order valence-corrected chi connectivity index (χ3v) is 2.13. The first kappa shape index (κ1) is 13.6. The Morgan fingerprint density at radius 3 is 2.78 bits per heavy atom. The number of nitriles is 1. The molecule has 3 N–H and O–H groups in total. The summed E-state index contributed by atoms with van der Waals surface area (Å²) in [5.74, 6) is -1.70. The normalized spacial score (nSPS) is 10.0. The lowest BCUT2D eigenvalue weighted by Crippen LogP contribution is -2.37. The Morgan fingerprint density at radius 2 is 2.22 bits per heavy atom. The number of nitrogens with zero attached hydrogens (tertiary/aromatic N) is 3. The lowest BCUT2D eigenvalue weighted by Gasteiger charge is -2.18. The molecule has 1 heterocycles. The maximum absolute atomic E-state index is 10.8. The van der Waals surface area contributed by atoms with Crippen molar-refractivity contribution >= 4 is 11.9 Å². The average molecular weight is 248 g/mol. The van der Waals surface area contributed by atoms with Gasteiger partial charge in [0.05, 0.1) is 13.1 Å². The van der Waals surface area contributed by atoms with Crippen LogP contribution in [0, 0.1) is 11.3 Å². The van der Waals surface area contributed by atoms with Crippen LogP contribution in [0.1, 0.15) is 11.3 Å². The van der Waals surface area contributed by atoms with E-state index in [1.165, 1.54) is 11.1 Å². The van der Waals surface area contributed by atoms with Crippen LogP contribution in [-0.2, 0) is 16.1 Å². The van der Waals surface area contributed by atoms with Gasteiger partial charge in [0, 0.05) is 18.3 Å². The van der Waals surface area contributed by atoms with Crippen LogP contribution < -0.4 is 5.73 Å². The largest absolute Gasteiger partial charge is 0.480 e. The second-order valence-electron chi connectivity index (χ2n) is 3.63. The fourth-order valence-electron chi connectivity index (χ4n) is 1.49. The zero-order chi connectivity index (χ0) is 13.5. The van der Waals surface area contributed by atoms with Gasteiger partial charge in [-0.15, -0.1) is 0 Å². The zero-order valence-electron chi connectivity index (χ0n) is 9.54. The molecule has 0 aliphatic heterocycles. The highest BCUT2D eigenvalue weighted by molar-refractivity contribution is 5.77. The van der Waals surface area contributed by atoms with Gasteiger partial charge in [-0.05, 0) is 6.07 Å². The number of carbonyl (C=O) groups excluding carboxylic acids is 1. The molecule has 0 aliphatic rings. The van der Waals surface area contributed by atoms with Crippen molar-refractivity contribution in [1.29, 1.82) is 5.26 Å². The molecule has 7 heteroatoms. The number of carboxylic acid groups (broad SMARTS) is 1. The molecule has 18 heavy (non-hydrogen) atoms. The van der Waals surface area contributed by atoms with Gasteiger partial charge < -0.3 is 10.8 Å². The number of rotatable bonds is 6. The van der Waals surface area contributed by atoms with Crippen molar-refractivity contribution in [2.45, 2.75) is 6.54 Å². The number of primary amides is 1. The molecule has 1 amide bonds. The molecule has 7 nitrogen and oxygen atoms in total. The quantitative estimate of drug-likeness (QED) is 0.688. The minimum absolute atomic E-state index is 0.131. The molecule has 1 aromatic heterocycles. The van der Waals surface area contributed by atoms with Crippen molar-refractivity contribution in [1.82, 2.24) is 9.88 Å². The summed E-state index contributed by atoms with van der Waals surface area (Å²) < 4.78 is 0. The standard InChI is InChI=1S/C11H12N4O3/c12-4-9-8(2-1-3-14-9)5-15(6-10(13)16)7-11(17)18/h1-3H,5-7H2,(H2,13,16)(H,17,18). The second-order valence-corrected chi connectivity index (χ2v) is 3.63. The highest BCUT2D eigenvalue weighted by Gasteiger charge is 2.14. The third kappa shape index (κ3) is 4.19. The van der Waals surface area contributed by atoms with Gasteiger partial charge >= 0.3 is 5.97 Å². The van der Waals surface area contributed by atoms with Gasteiger partial charge in [0.15, 0.2) is 0 Å². The Balaban J connectivity index is 2.85. The SMILES string of the molecule is N#Cc1ncccc1CN(CC(N)=O)CC(=O)O. The summed E-state index contributed by atoms with van der Waals surface area (Å²) in [5, 5.41) is 17.6. The highest BCUT2D eigenvalue weighted by atomic mass is 16.4. The Labute approximate surface area is 103 Å². The van der Waals surface area contributed by atoms with Gasteiger partial charge in [0.1, 0.15) is 11.8 Å². The van der Waals surface area contributed by atoms with E-state index in [1.807, 2.05) is 6.07 Å². The molecule has 1 aromatic rings. The van der Waals surface area contributed by atoms with Crippen molar-refractivity contribution in [2.75, 3.05) is 13.1 Å². The summed E-state index contributed by atoms with van der Waals surface area (Å²) in [6.07, 6.45) is 1.47. The number of hydrogen-bond acceptors (Lipinski definition) is 5. The zero-order valence-corrected chi connectivity index (χ0v) is 9.54. The van der Waals surface area contributed by atoms with Crippen LogP contribution in [0.3, 0.4) is 0 Å². The molecule has 0 atom stereocenters. The van der Waals surface area contributed by atoms with E-state index >= 15 is 0 Å². The number of aromatic nitrogens is 1. The molecule has 0 aliphatic carbocycles. The number of pyridine rings is 1. The van der Waals surface area contributed by atoms with Crippen LogP contribution in [0.5, 0.6) is 0 Å². The Bertz CT molecular complexity index is 479. The van der Waals surface area contributed by atoms with Crippen LogP contribution in [0.4, 0.5) is 0 Å². The summed E-state index contributed by atoms with van der Waals surface area (Å²) in [7, 11) is 0. The molecule has 0 spiro atoms. The molecule has 0 radical (unpaired) electrons. The summed E-state index contributed by atoms with van der Waals surface area (Å²) in [6, 6.07) is 5.20. The topological polar surface area (TPSA) is 120 Å². The molecule has 94 valence electrons. The van der Waals surface area contributed by atoms with Gasteiger partial charge in [0.25, 0.3) is 0 Å². The summed E-state index contributed by atoms with van der Waals surface area (Å²) in [6.45, 7) is -0.388. The van der Waals surface area contributed by atoms with Crippen molar-refractivity contribution in [2.24, 2.45) is 5.73 Å². The first-order valence-electron chi connectivity index (χ1n) is 5.09. The Kier molecular flexibility index (Phi) is 4.78. The van der Waals surface area contributed by atoms with E-state index in [0.717, 1.165) is 0 Å². The third-order valence-electron chi connectivity index (χ3n) is 2.13. The molecule has 0 aromatic carbocycles. The van der Waals surface area contributed by atoms with Gasteiger partial charge in [-0.25, -0.2) is 4.98 Å². The lowest BCUT2D eigenvalue weighted by atomic mass is 10.2. The van der Waals surface area contributed by atoms with Crippen LogP contribution >= 0.6 is 0 Å². The van der Waals surface area contributed by atoms with Crippen LogP contribution in [0.15, 0.2) is 18.3 Å². The van der Waals surface area contributed by atoms with E-state index in [2.05, 4.69) is 4.98 Å². The van der Waals surface area contributed by atoms with Gasteiger partial charge in [-0.1, -0.05) is 6.07 Å².